The van der Waals surface area contributed by atoms with Gasteiger partial charge in [-0.25, -0.2) is 0 Å². The number of benzene rings is 1. The van der Waals surface area contributed by atoms with E-state index in [0.717, 1.165) is 33.2 Å². The average molecular weight is 357 g/mol. The number of aromatic nitrogens is 5. The van der Waals surface area contributed by atoms with Crippen molar-refractivity contribution in [1.82, 2.24) is 25.0 Å². The van der Waals surface area contributed by atoms with Crippen LogP contribution in [0.25, 0.3) is 33.6 Å². The van der Waals surface area contributed by atoms with Gasteiger partial charge in [-0.1, -0.05) is 6.07 Å². The zero-order valence-electron chi connectivity index (χ0n) is 14.5. The lowest BCUT2D eigenvalue weighted by Crippen LogP contribution is -1.99. The fraction of sp³-hybridized carbons (Fsp3) is 0.100. The summed E-state index contributed by atoms with van der Waals surface area (Å²) in [6, 6.07) is 9.77. The summed E-state index contributed by atoms with van der Waals surface area (Å²) in [4.78, 5) is 4.14. The molecular weight excluding hydrogens is 342 g/mol. The molecule has 0 atom stereocenters. The summed E-state index contributed by atoms with van der Waals surface area (Å²) in [7, 11) is 0. The van der Waals surface area contributed by atoms with Gasteiger partial charge < -0.3 is 8.83 Å². The second kappa shape index (κ2) is 6.21. The van der Waals surface area contributed by atoms with Gasteiger partial charge in [0.25, 0.3) is 0 Å². The Morgan fingerprint density at radius 1 is 1.07 bits per heavy atom. The third-order valence-electron chi connectivity index (χ3n) is 4.36. The second-order valence-corrected chi connectivity index (χ2v) is 6.27. The van der Waals surface area contributed by atoms with Gasteiger partial charge >= 0.3 is 0 Å². The normalized spacial score (nSPS) is 11.3. The number of pyridine rings is 1. The molecule has 0 amide bonds. The van der Waals surface area contributed by atoms with Crippen molar-refractivity contribution in [2.75, 3.05) is 0 Å². The van der Waals surface area contributed by atoms with Gasteiger partial charge in [0, 0.05) is 47.6 Å². The summed E-state index contributed by atoms with van der Waals surface area (Å²) in [6.07, 6.45) is 9.19. The van der Waals surface area contributed by atoms with Crippen molar-refractivity contribution in [3.63, 3.8) is 0 Å². The molecule has 0 aliphatic heterocycles. The summed E-state index contributed by atoms with van der Waals surface area (Å²) in [5.74, 6) is 1.03. The highest BCUT2D eigenvalue weighted by atomic mass is 16.4. The first-order valence-electron chi connectivity index (χ1n) is 8.50. The van der Waals surface area contributed by atoms with Crippen LogP contribution in [0, 0.1) is 6.92 Å². The summed E-state index contributed by atoms with van der Waals surface area (Å²) in [6.45, 7) is 2.44. The van der Waals surface area contributed by atoms with Gasteiger partial charge in [-0.2, -0.15) is 5.10 Å². The molecule has 7 heteroatoms. The maximum absolute atomic E-state index is 5.71. The van der Waals surface area contributed by atoms with Crippen LogP contribution in [0.15, 0.2) is 70.2 Å². The first kappa shape index (κ1) is 15.5. The van der Waals surface area contributed by atoms with Gasteiger partial charge in [0.2, 0.25) is 11.8 Å². The van der Waals surface area contributed by atoms with E-state index in [1.165, 1.54) is 0 Å². The summed E-state index contributed by atoms with van der Waals surface area (Å²) in [5.41, 5.74) is 4.70. The quantitative estimate of drug-likeness (QED) is 0.482. The van der Waals surface area contributed by atoms with E-state index in [9.17, 15) is 0 Å². The van der Waals surface area contributed by atoms with E-state index >= 15 is 0 Å². The van der Waals surface area contributed by atoms with Crippen LogP contribution >= 0.6 is 0 Å². The molecule has 7 nitrogen and oxygen atoms in total. The predicted octanol–water partition coefficient (Wildman–Crippen LogP) is 4.10. The maximum atomic E-state index is 5.71. The smallest absolute Gasteiger partial charge is 0.247 e. The third kappa shape index (κ3) is 2.89. The Hall–Kier alpha value is -3.74. The molecule has 0 saturated heterocycles. The highest BCUT2D eigenvalue weighted by molar-refractivity contribution is 5.95. The van der Waals surface area contributed by atoms with Crippen molar-refractivity contribution in [2.45, 2.75) is 13.5 Å². The molecule has 0 aliphatic carbocycles. The molecule has 0 radical (unpaired) electrons. The first-order valence-corrected chi connectivity index (χ1v) is 8.50. The number of hydrogen-bond donors (Lipinski definition) is 0. The lowest BCUT2D eigenvalue weighted by Gasteiger charge is -2.00. The summed E-state index contributed by atoms with van der Waals surface area (Å²) in [5, 5.41) is 13.4. The Morgan fingerprint density at radius 3 is 2.85 bits per heavy atom. The fourth-order valence-corrected chi connectivity index (χ4v) is 3.07. The highest BCUT2D eigenvalue weighted by Gasteiger charge is 2.14. The summed E-state index contributed by atoms with van der Waals surface area (Å²) >= 11 is 0. The predicted molar refractivity (Wildman–Crippen MR) is 98.8 cm³/mol. The molecule has 5 rings (SSSR count). The van der Waals surface area contributed by atoms with Gasteiger partial charge in [0.15, 0.2) is 0 Å². The van der Waals surface area contributed by atoms with Crippen molar-refractivity contribution in [1.29, 1.82) is 0 Å². The Kier molecular flexibility index (Phi) is 3.57. The van der Waals surface area contributed by atoms with Gasteiger partial charge in [-0.3, -0.25) is 9.67 Å². The molecule has 0 saturated carbocycles. The van der Waals surface area contributed by atoms with E-state index in [-0.39, 0.29) is 0 Å². The first-order chi connectivity index (χ1) is 13.3. The molecule has 0 bridgehead atoms. The number of furan rings is 1. The number of rotatable bonds is 4. The maximum Gasteiger partial charge on any atom is 0.247 e. The standard InChI is InChI=1S/C20H15N5O2/c1-13-23-24-20(27-13)15-4-5-19-17(7-15)18(12-26-19)16-9-22-25(11-16)10-14-3-2-6-21-8-14/h2-9,11-12H,10H2,1H3. The van der Waals surface area contributed by atoms with Gasteiger partial charge in [0.05, 0.1) is 19.0 Å². The topological polar surface area (TPSA) is 82.8 Å². The van der Waals surface area contributed by atoms with Crippen LogP contribution in [0.2, 0.25) is 0 Å². The Bertz CT molecular complexity index is 1220. The van der Waals surface area contributed by atoms with Crippen LogP contribution in [0.3, 0.4) is 0 Å². The number of fused-ring (bicyclic) bond motifs is 1. The molecule has 0 spiro atoms. The molecule has 1 aromatic carbocycles. The molecule has 0 unspecified atom stereocenters. The van der Waals surface area contributed by atoms with Gasteiger partial charge in [-0.05, 0) is 29.8 Å². The highest BCUT2D eigenvalue weighted by Crippen LogP contribution is 2.33. The fourth-order valence-electron chi connectivity index (χ4n) is 3.07. The van der Waals surface area contributed by atoms with E-state index < -0.39 is 0 Å². The third-order valence-corrected chi connectivity index (χ3v) is 4.36. The van der Waals surface area contributed by atoms with Crippen LogP contribution < -0.4 is 0 Å². The lowest BCUT2D eigenvalue weighted by molar-refractivity contribution is 0.533. The molecular formula is C20H15N5O2. The molecule has 4 heterocycles. The van der Waals surface area contributed by atoms with Crippen LogP contribution in [0.5, 0.6) is 0 Å². The van der Waals surface area contributed by atoms with Crippen LogP contribution in [0.1, 0.15) is 11.5 Å². The Morgan fingerprint density at radius 2 is 2.04 bits per heavy atom. The monoisotopic (exact) mass is 357 g/mol. The average Bonchev–Trinajstić information content (AvgIpc) is 3.41. The van der Waals surface area contributed by atoms with E-state index in [2.05, 4.69) is 20.3 Å². The van der Waals surface area contributed by atoms with Crippen molar-refractivity contribution in [3.05, 3.63) is 72.8 Å². The molecule has 5 aromatic rings. The largest absolute Gasteiger partial charge is 0.464 e. The van der Waals surface area contributed by atoms with Gasteiger partial charge in [0.1, 0.15) is 5.58 Å². The Balaban J connectivity index is 1.51. The minimum Gasteiger partial charge on any atom is -0.464 e. The van der Waals surface area contributed by atoms with E-state index in [4.69, 9.17) is 8.83 Å². The zero-order valence-corrected chi connectivity index (χ0v) is 14.5. The molecule has 0 fully saturated rings. The minimum atomic E-state index is 0.494. The van der Waals surface area contributed by atoms with Crippen molar-refractivity contribution in [3.8, 4) is 22.6 Å². The molecule has 4 aromatic heterocycles. The SMILES string of the molecule is Cc1nnc(-c2ccc3occ(-c4cnn(Cc5cccnc5)c4)c3c2)o1. The number of hydrogen-bond acceptors (Lipinski definition) is 6. The Labute approximate surface area is 154 Å². The number of nitrogens with zero attached hydrogens (tertiary/aromatic N) is 5. The molecule has 132 valence electrons. The molecule has 0 N–H and O–H groups in total. The molecule has 0 aliphatic rings. The van der Waals surface area contributed by atoms with Crippen molar-refractivity contribution < 1.29 is 8.83 Å². The van der Waals surface area contributed by atoms with Crippen LogP contribution in [-0.2, 0) is 6.54 Å². The minimum absolute atomic E-state index is 0.494. The summed E-state index contributed by atoms with van der Waals surface area (Å²) < 4.78 is 13.1. The zero-order chi connectivity index (χ0) is 18.2. The molecule has 27 heavy (non-hydrogen) atoms. The van der Waals surface area contributed by atoms with E-state index in [1.54, 1.807) is 19.4 Å². The van der Waals surface area contributed by atoms with Crippen molar-refractivity contribution in [2.24, 2.45) is 0 Å². The second-order valence-electron chi connectivity index (χ2n) is 6.27. The van der Waals surface area contributed by atoms with Crippen LogP contribution in [0.4, 0.5) is 0 Å². The van der Waals surface area contributed by atoms with Crippen LogP contribution in [-0.4, -0.2) is 25.0 Å². The van der Waals surface area contributed by atoms with E-state index in [1.807, 2.05) is 53.6 Å². The van der Waals surface area contributed by atoms with Crippen molar-refractivity contribution >= 4 is 11.0 Å². The lowest BCUT2D eigenvalue weighted by atomic mass is 10.1. The van der Waals surface area contributed by atoms with Gasteiger partial charge in [-0.15, -0.1) is 10.2 Å². The number of aryl methyl sites for hydroxylation is 1. The van der Waals surface area contributed by atoms with E-state index in [0.29, 0.717) is 18.3 Å².